The van der Waals surface area contributed by atoms with Crippen LogP contribution in [0.3, 0.4) is 0 Å². The molecule has 1 saturated heterocycles. The normalized spacial score (nSPS) is 20.4. The fourth-order valence-electron chi connectivity index (χ4n) is 2.74. The second-order valence-corrected chi connectivity index (χ2v) is 6.22. The molecule has 2 aromatic heterocycles. The summed E-state index contributed by atoms with van der Waals surface area (Å²) in [6, 6.07) is 0.242. The number of hydrogen-bond acceptors (Lipinski definition) is 6. The predicted molar refractivity (Wildman–Crippen MR) is 78.6 cm³/mol. The number of morpholine rings is 1. The first kappa shape index (κ1) is 13.5. The van der Waals surface area contributed by atoms with E-state index in [4.69, 9.17) is 10.5 Å². The first-order chi connectivity index (χ1) is 9.65. The van der Waals surface area contributed by atoms with Crippen molar-refractivity contribution >= 4 is 16.5 Å². The quantitative estimate of drug-likeness (QED) is 0.899. The Bertz CT molecular complexity index is 574. The smallest absolute Gasteiger partial charge is 0.180 e. The molecular formula is C13H19N5OS. The molecule has 1 fully saturated rings. The van der Waals surface area contributed by atoms with Gasteiger partial charge in [0.2, 0.25) is 0 Å². The van der Waals surface area contributed by atoms with Crippen LogP contribution in [0.4, 0.5) is 5.13 Å². The van der Waals surface area contributed by atoms with E-state index in [2.05, 4.69) is 27.0 Å². The van der Waals surface area contributed by atoms with E-state index >= 15 is 0 Å². The van der Waals surface area contributed by atoms with Crippen molar-refractivity contribution in [2.24, 2.45) is 0 Å². The van der Waals surface area contributed by atoms with E-state index in [0.717, 1.165) is 31.1 Å². The molecule has 0 aliphatic carbocycles. The molecule has 20 heavy (non-hydrogen) atoms. The van der Waals surface area contributed by atoms with Gasteiger partial charge < -0.3 is 10.5 Å². The lowest BCUT2D eigenvalue weighted by molar-refractivity contribution is -0.0127. The molecule has 0 radical (unpaired) electrons. The molecule has 1 unspecified atom stereocenters. The van der Waals surface area contributed by atoms with Crippen LogP contribution in [0, 0.1) is 13.8 Å². The summed E-state index contributed by atoms with van der Waals surface area (Å²) in [6.07, 6.45) is 1.86. The number of aromatic nitrogens is 3. The minimum absolute atomic E-state index is 0.242. The Balaban J connectivity index is 1.84. The molecule has 3 N–H and O–H groups in total. The van der Waals surface area contributed by atoms with Crippen LogP contribution in [0.1, 0.15) is 27.9 Å². The van der Waals surface area contributed by atoms with Gasteiger partial charge in [0, 0.05) is 35.4 Å². The first-order valence-electron chi connectivity index (χ1n) is 6.68. The van der Waals surface area contributed by atoms with Crippen molar-refractivity contribution in [3.05, 3.63) is 28.0 Å². The zero-order valence-corrected chi connectivity index (χ0v) is 12.5. The van der Waals surface area contributed by atoms with E-state index in [0.29, 0.717) is 11.7 Å². The summed E-state index contributed by atoms with van der Waals surface area (Å²) in [6.45, 7) is 7.33. The molecule has 3 rings (SSSR count). The number of nitrogen functional groups attached to an aromatic ring is 1. The topological polar surface area (TPSA) is 80.1 Å². The molecule has 0 saturated carbocycles. The SMILES string of the molecule is Cc1n[nH]c(C)c1C1COCCN1Cc1cnc(N)s1. The molecule has 1 aliphatic heterocycles. The van der Waals surface area contributed by atoms with Gasteiger partial charge >= 0.3 is 0 Å². The van der Waals surface area contributed by atoms with E-state index in [9.17, 15) is 0 Å². The van der Waals surface area contributed by atoms with Crippen LogP contribution in [-0.4, -0.2) is 39.8 Å². The van der Waals surface area contributed by atoms with Gasteiger partial charge in [0.15, 0.2) is 5.13 Å². The summed E-state index contributed by atoms with van der Waals surface area (Å²) in [5.74, 6) is 0. The Morgan fingerprint density at radius 2 is 2.40 bits per heavy atom. The van der Waals surface area contributed by atoms with Gasteiger partial charge in [-0.25, -0.2) is 4.98 Å². The predicted octanol–water partition coefficient (Wildman–Crippen LogP) is 1.64. The van der Waals surface area contributed by atoms with Gasteiger partial charge in [-0.3, -0.25) is 10.00 Å². The molecular weight excluding hydrogens is 274 g/mol. The Morgan fingerprint density at radius 1 is 1.55 bits per heavy atom. The summed E-state index contributed by atoms with van der Waals surface area (Å²) in [4.78, 5) is 7.73. The highest BCUT2D eigenvalue weighted by Gasteiger charge is 2.28. The monoisotopic (exact) mass is 293 g/mol. The lowest BCUT2D eigenvalue weighted by atomic mass is 10.0. The third-order valence-corrected chi connectivity index (χ3v) is 4.50. The number of hydrogen-bond donors (Lipinski definition) is 2. The maximum Gasteiger partial charge on any atom is 0.180 e. The summed E-state index contributed by atoms with van der Waals surface area (Å²) >= 11 is 1.55. The van der Waals surface area contributed by atoms with Crippen molar-refractivity contribution in [2.45, 2.75) is 26.4 Å². The number of nitrogens with zero attached hydrogens (tertiary/aromatic N) is 3. The van der Waals surface area contributed by atoms with Crippen molar-refractivity contribution in [3.8, 4) is 0 Å². The molecule has 7 heteroatoms. The summed E-state index contributed by atoms with van der Waals surface area (Å²) in [7, 11) is 0. The standard InChI is InChI=1S/C13H19N5OS/c1-8-12(9(2)17-16-8)11-7-19-4-3-18(11)6-10-5-15-13(14)20-10/h5,11H,3-4,6-7H2,1-2H3,(H2,14,15)(H,16,17). The number of nitrogens with two attached hydrogens (primary N) is 1. The van der Waals surface area contributed by atoms with Crippen LogP contribution in [0.25, 0.3) is 0 Å². The van der Waals surface area contributed by atoms with E-state index < -0.39 is 0 Å². The molecule has 0 amide bonds. The van der Waals surface area contributed by atoms with Crippen LogP contribution >= 0.6 is 11.3 Å². The van der Waals surface area contributed by atoms with E-state index in [1.807, 2.05) is 13.1 Å². The Kier molecular flexibility index (Phi) is 3.73. The summed E-state index contributed by atoms with van der Waals surface area (Å²) < 4.78 is 5.67. The molecule has 1 atom stereocenters. The number of ether oxygens (including phenoxy) is 1. The fraction of sp³-hybridized carbons (Fsp3) is 0.538. The number of anilines is 1. The highest BCUT2D eigenvalue weighted by molar-refractivity contribution is 7.15. The number of aryl methyl sites for hydroxylation is 2. The Hall–Kier alpha value is -1.44. The first-order valence-corrected chi connectivity index (χ1v) is 7.50. The summed E-state index contributed by atoms with van der Waals surface area (Å²) in [5.41, 5.74) is 9.13. The zero-order valence-electron chi connectivity index (χ0n) is 11.7. The van der Waals surface area contributed by atoms with Crippen LogP contribution in [-0.2, 0) is 11.3 Å². The summed E-state index contributed by atoms with van der Waals surface area (Å²) in [5, 5.41) is 7.99. The van der Waals surface area contributed by atoms with Crippen LogP contribution in [0.15, 0.2) is 6.20 Å². The second-order valence-electron chi connectivity index (χ2n) is 5.07. The van der Waals surface area contributed by atoms with Crippen molar-refractivity contribution in [3.63, 3.8) is 0 Å². The molecule has 3 heterocycles. The molecule has 108 valence electrons. The fourth-order valence-corrected chi connectivity index (χ4v) is 3.45. The number of thiazole rings is 1. The average Bonchev–Trinajstić information content (AvgIpc) is 2.98. The molecule has 0 bridgehead atoms. The Morgan fingerprint density at radius 3 is 3.05 bits per heavy atom. The van der Waals surface area contributed by atoms with E-state index in [1.165, 1.54) is 10.4 Å². The van der Waals surface area contributed by atoms with Gasteiger partial charge in [-0.1, -0.05) is 0 Å². The van der Waals surface area contributed by atoms with Gasteiger partial charge in [-0.05, 0) is 13.8 Å². The largest absolute Gasteiger partial charge is 0.378 e. The highest BCUT2D eigenvalue weighted by atomic mass is 32.1. The number of aromatic amines is 1. The Labute approximate surface area is 122 Å². The van der Waals surface area contributed by atoms with E-state index in [1.54, 1.807) is 11.3 Å². The zero-order chi connectivity index (χ0) is 14.1. The number of rotatable bonds is 3. The second kappa shape index (κ2) is 5.51. The van der Waals surface area contributed by atoms with Gasteiger partial charge in [0.1, 0.15) is 0 Å². The van der Waals surface area contributed by atoms with Gasteiger partial charge in [0.05, 0.1) is 24.9 Å². The van der Waals surface area contributed by atoms with E-state index in [-0.39, 0.29) is 6.04 Å². The van der Waals surface area contributed by atoms with Crippen molar-refractivity contribution in [2.75, 3.05) is 25.5 Å². The molecule has 6 nitrogen and oxygen atoms in total. The molecule has 0 spiro atoms. The minimum atomic E-state index is 0.242. The third kappa shape index (κ3) is 2.56. The maximum atomic E-state index is 5.71. The van der Waals surface area contributed by atoms with Gasteiger partial charge in [0.25, 0.3) is 0 Å². The van der Waals surface area contributed by atoms with Crippen molar-refractivity contribution in [1.29, 1.82) is 0 Å². The van der Waals surface area contributed by atoms with Crippen LogP contribution in [0.5, 0.6) is 0 Å². The van der Waals surface area contributed by atoms with Crippen LogP contribution < -0.4 is 5.73 Å². The highest BCUT2D eigenvalue weighted by Crippen LogP contribution is 2.30. The lowest BCUT2D eigenvalue weighted by Gasteiger charge is -2.35. The average molecular weight is 293 g/mol. The lowest BCUT2D eigenvalue weighted by Crippen LogP contribution is -2.39. The van der Waals surface area contributed by atoms with Crippen molar-refractivity contribution in [1.82, 2.24) is 20.1 Å². The molecule has 0 aromatic carbocycles. The van der Waals surface area contributed by atoms with Crippen LogP contribution in [0.2, 0.25) is 0 Å². The van der Waals surface area contributed by atoms with Crippen molar-refractivity contribution < 1.29 is 4.74 Å². The molecule has 1 aliphatic rings. The maximum absolute atomic E-state index is 5.71. The van der Waals surface area contributed by atoms with Gasteiger partial charge in [-0.2, -0.15) is 5.10 Å². The molecule has 2 aromatic rings. The number of nitrogens with one attached hydrogen (secondary N) is 1. The third-order valence-electron chi connectivity index (χ3n) is 3.69. The van der Waals surface area contributed by atoms with Gasteiger partial charge in [-0.15, -0.1) is 11.3 Å². The number of H-pyrrole nitrogens is 1. The minimum Gasteiger partial charge on any atom is -0.378 e.